The second-order valence-corrected chi connectivity index (χ2v) is 3.55. The molecular weight excluding hydrogens is 184 g/mol. The highest BCUT2D eigenvalue weighted by atomic mass is 35.5. The average Bonchev–Trinajstić information content (AvgIpc) is 2.18. The number of fused-ring (bicyclic) bond motifs is 1. The monoisotopic (exact) mass is 192 g/mol. The quantitative estimate of drug-likeness (QED) is 0.626. The van der Waals surface area contributed by atoms with E-state index in [9.17, 15) is 4.79 Å². The zero-order valence-electron chi connectivity index (χ0n) is 7.09. The van der Waals surface area contributed by atoms with Crippen molar-refractivity contribution in [3.05, 3.63) is 40.4 Å². The second kappa shape index (κ2) is 3.35. The molecule has 0 radical (unpaired) electrons. The molecule has 1 aliphatic rings. The molecule has 0 aromatic heterocycles. The van der Waals surface area contributed by atoms with Gasteiger partial charge < -0.3 is 0 Å². The van der Waals surface area contributed by atoms with Gasteiger partial charge in [0.05, 0.1) is 0 Å². The van der Waals surface area contributed by atoms with Crippen LogP contribution in [0.3, 0.4) is 0 Å². The summed E-state index contributed by atoms with van der Waals surface area (Å²) in [6.07, 6.45) is 2.57. The van der Waals surface area contributed by atoms with E-state index >= 15 is 0 Å². The van der Waals surface area contributed by atoms with E-state index in [2.05, 4.69) is 0 Å². The van der Waals surface area contributed by atoms with Gasteiger partial charge >= 0.3 is 0 Å². The van der Waals surface area contributed by atoms with Gasteiger partial charge in [0.2, 0.25) is 0 Å². The molecule has 2 heteroatoms. The van der Waals surface area contributed by atoms with Crippen molar-refractivity contribution in [2.24, 2.45) is 0 Å². The number of hydrogen-bond acceptors (Lipinski definition) is 1. The molecule has 1 aromatic rings. The van der Waals surface area contributed by atoms with Gasteiger partial charge in [-0.3, -0.25) is 4.79 Å². The summed E-state index contributed by atoms with van der Waals surface area (Å²) in [4.78, 5) is 10.8. The molecule has 1 aromatic carbocycles. The van der Waals surface area contributed by atoms with Gasteiger partial charge in [-0.25, -0.2) is 0 Å². The van der Waals surface area contributed by atoms with E-state index in [-0.39, 0.29) is 0 Å². The molecule has 1 aliphatic carbocycles. The SMILES string of the molecule is O=CC1=C(Cl)CCc2ccccc21. The van der Waals surface area contributed by atoms with Gasteiger partial charge in [0.25, 0.3) is 0 Å². The number of rotatable bonds is 1. The van der Waals surface area contributed by atoms with Gasteiger partial charge in [-0.2, -0.15) is 0 Å². The van der Waals surface area contributed by atoms with E-state index in [1.165, 1.54) is 5.56 Å². The molecule has 0 saturated carbocycles. The lowest BCUT2D eigenvalue weighted by Gasteiger charge is -2.15. The molecule has 0 aliphatic heterocycles. The topological polar surface area (TPSA) is 17.1 Å². The van der Waals surface area contributed by atoms with Crippen molar-refractivity contribution in [2.75, 3.05) is 0 Å². The Morgan fingerprint density at radius 3 is 2.77 bits per heavy atom. The minimum atomic E-state index is 0.656. The maximum absolute atomic E-state index is 10.8. The molecule has 0 atom stereocenters. The fourth-order valence-electron chi connectivity index (χ4n) is 1.65. The first-order valence-electron chi connectivity index (χ1n) is 4.25. The average molecular weight is 193 g/mol. The van der Waals surface area contributed by atoms with Crippen molar-refractivity contribution < 1.29 is 4.79 Å². The van der Waals surface area contributed by atoms with E-state index in [1.54, 1.807) is 0 Å². The van der Waals surface area contributed by atoms with Crippen molar-refractivity contribution in [2.45, 2.75) is 12.8 Å². The van der Waals surface area contributed by atoms with E-state index < -0.39 is 0 Å². The smallest absolute Gasteiger partial charge is 0.151 e. The van der Waals surface area contributed by atoms with Gasteiger partial charge in [-0.05, 0) is 24.0 Å². The van der Waals surface area contributed by atoms with Crippen LogP contribution in [0.5, 0.6) is 0 Å². The Bertz CT molecular complexity index is 379. The fourth-order valence-corrected chi connectivity index (χ4v) is 1.89. The lowest BCUT2D eigenvalue weighted by Crippen LogP contribution is -2.02. The first kappa shape index (κ1) is 8.52. The lowest BCUT2D eigenvalue weighted by molar-refractivity contribution is -0.103. The van der Waals surface area contributed by atoms with Crippen molar-refractivity contribution in [1.82, 2.24) is 0 Å². The Labute approximate surface area is 82.0 Å². The third-order valence-electron chi connectivity index (χ3n) is 2.33. The molecule has 0 unspecified atom stereocenters. The Balaban J connectivity index is 2.61. The predicted octanol–water partition coefficient (Wildman–Crippen LogP) is 2.78. The Kier molecular flexibility index (Phi) is 2.19. The highest BCUT2D eigenvalue weighted by molar-refractivity contribution is 6.37. The maximum Gasteiger partial charge on any atom is 0.151 e. The molecule has 0 N–H and O–H groups in total. The Morgan fingerprint density at radius 2 is 2.00 bits per heavy atom. The number of benzene rings is 1. The molecular formula is C11H9ClO. The van der Waals surface area contributed by atoms with Crippen molar-refractivity contribution in [3.63, 3.8) is 0 Å². The van der Waals surface area contributed by atoms with Crippen molar-refractivity contribution in [1.29, 1.82) is 0 Å². The van der Waals surface area contributed by atoms with Gasteiger partial charge in [-0.1, -0.05) is 35.9 Å². The van der Waals surface area contributed by atoms with Gasteiger partial charge in [0.15, 0.2) is 6.29 Å². The molecule has 0 bridgehead atoms. The number of carbonyl (C=O) groups is 1. The minimum Gasteiger partial charge on any atom is -0.298 e. The molecule has 66 valence electrons. The van der Waals surface area contributed by atoms with Crippen LogP contribution < -0.4 is 0 Å². The molecule has 0 amide bonds. The first-order valence-corrected chi connectivity index (χ1v) is 4.63. The zero-order chi connectivity index (χ0) is 9.26. The zero-order valence-corrected chi connectivity index (χ0v) is 7.84. The number of aldehydes is 1. The number of carbonyl (C=O) groups excluding carboxylic acids is 1. The van der Waals surface area contributed by atoms with Crippen LogP contribution in [0.1, 0.15) is 17.5 Å². The molecule has 1 nitrogen and oxygen atoms in total. The van der Waals surface area contributed by atoms with Crippen LogP contribution in [-0.2, 0) is 11.2 Å². The van der Waals surface area contributed by atoms with Crippen LogP contribution in [0.4, 0.5) is 0 Å². The maximum atomic E-state index is 10.8. The molecule has 2 rings (SSSR count). The van der Waals surface area contributed by atoms with Crippen LogP contribution in [0.25, 0.3) is 5.57 Å². The largest absolute Gasteiger partial charge is 0.298 e. The number of allylic oxidation sites excluding steroid dienone is 2. The minimum absolute atomic E-state index is 0.656. The van der Waals surface area contributed by atoms with Crippen LogP contribution in [0, 0.1) is 0 Å². The van der Waals surface area contributed by atoms with Crippen LogP contribution in [0.2, 0.25) is 0 Å². The number of aryl methyl sites for hydroxylation is 1. The number of hydrogen-bond donors (Lipinski definition) is 0. The van der Waals surface area contributed by atoms with Gasteiger partial charge in [0, 0.05) is 10.6 Å². The summed E-state index contributed by atoms with van der Waals surface area (Å²) in [6, 6.07) is 7.90. The van der Waals surface area contributed by atoms with Crippen LogP contribution in [0.15, 0.2) is 29.3 Å². The lowest BCUT2D eigenvalue weighted by atomic mass is 9.91. The number of halogens is 1. The summed E-state index contributed by atoms with van der Waals surface area (Å²) in [5.41, 5.74) is 2.87. The van der Waals surface area contributed by atoms with Gasteiger partial charge in [-0.15, -0.1) is 0 Å². The highest BCUT2D eigenvalue weighted by Crippen LogP contribution is 2.31. The van der Waals surface area contributed by atoms with Gasteiger partial charge in [0.1, 0.15) is 0 Å². The summed E-state index contributed by atoms with van der Waals surface area (Å²) in [7, 11) is 0. The third kappa shape index (κ3) is 1.40. The standard InChI is InChI=1S/C11H9ClO/c12-11-6-5-8-3-1-2-4-9(8)10(11)7-13/h1-4,7H,5-6H2. The summed E-state index contributed by atoms with van der Waals surface area (Å²) in [6.45, 7) is 0. The summed E-state index contributed by atoms with van der Waals surface area (Å²) in [5.74, 6) is 0. The van der Waals surface area contributed by atoms with E-state index in [0.29, 0.717) is 10.6 Å². The van der Waals surface area contributed by atoms with Crippen LogP contribution >= 0.6 is 11.6 Å². The van der Waals surface area contributed by atoms with Crippen LogP contribution in [-0.4, -0.2) is 6.29 Å². The molecule has 0 saturated heterocycles. The summed E-state index contributed by atoms with van der Waals surface area (Å²) >= 11 is 5.96. The second-order valence-electron chi connectivity index (χ2n) is 3.09. The van der Waals surface area contributed by atoms with E-state index in [1.807, 2.05) is 24.3 Å². The highest BCUT2D eigenvalue weighted by Gasteiger charge is 2.16. The first-order chi connectivity index (χ1) is 6.33. The Hall–Kier alpha value is -1.08. The molecule has 13 heavy (non-hydrogen) atoms. The molecule has 0 fully saturated rings. The molecule has 0 heterocycles. The predicted molar refractivity (Wildman–Crippen MR) is 53.6 cm³/mol. The fraction of sp³-hybridized carbons (Fsp3) is 0.182. The summed E-state index contributed by atoms with van der Waals surface area (Å²) < 4.78 is 0. The van der Waals surface area contributed by atoms with Crippen molar-refractivity contribution in [3.8, 4) is 0 Å². The molecule has 0 spiro atoms. The third-order valence-corrected chi connectivity index (χ3v) is 2.72. The Morgan fingerprint density at radius 1 is 1.23 bits per heavy atom. The van der Waals surface area contributed by atoms with E-state index in [4.69, 9.17) is 11.6 Å². The summed E-state index contributed by atoms with van der Waals surface area (Å²) in [5, 5.41) is 0.689. The van der Waals surface area contributed by atoms with E-state index in [0.717, 1.165) is 24.7 Å². The normalized spacial score (nSPS) is 15.5. The van der Waals surface area contributed by atoms with Crippen molar-refractivity contribution >= 4 is 23.5 Å².